The smallest absolute Gasteiger partial charge is 0.408 e. The van der Waals surface area contributed by atoms with E-state index in [0.29, 0.717) is 23.7 Å². The third-order valence-corrected chi connectivity index (χ3v) is 12.3. The number of carbonyl (C=O) groups excluding carboxylic acids is 4. The van der Waals surface area contributed by atoms with Crippen LogP contribution in [-0.4, -0.2) is 80.2 Å². The Morgan fingerprint density at radius 1 is 1.12 bits per heavy atom. The number of alkyl carbamates (subject to hydrolysis) is 1. The van der Waals surface area contributed by atoms with E-state index in [2.05, 4.69) is 33.1 Å². The largest absolute Gasteiger partial charge is 0.464 e. The number of unbranched alkanes of at least 4 members (excludes halogenated alkanes) is 1. The van der Waals surface area contributed by atoms with Gasteiger partial charge in [0.15, 0.2) is 0 Å². The molecule has 2 N–H and O–H groups in total. The molecule has 12 nitrogen and oxygen atoms in total. The SMILES string of the molecule is C=CCCC[C@@H]1CCC[C@H]1OC(=O)N[C@H]1CCCCCC=C[C@@H]2C[C@@]2(C(=O)OCC)NC(=O)[C@@H]2C[C@H](OS(=O)(=O)c3ccc(Br)cc3)CN2C1=O. The number of benzene rings is 1. The molecule has 4 aliphatic rings. The predicted octanol–water partition coefficient (Wildman–Crippen LogP) is 5.70. The number of amides is 3. The van der Waals surface area contributed by atoms with Crippen LogP contribution >= 0.6 is 15.9 Å². The van der Waals surface area contributed by atoms with Crippen molar-refractivity contribution in [1.29, 1.82) is 0 Å². The average molecular weight is 793 g/mol. The topological polar surface area (TPSA) is 157 Å². The zero-order chi connectivity index (χ0) is 36.6. The number of allylic oxidation sites excluding steroid dienone is 2. The van der Waals surface area contributed by atoms with Crippen molar-refractivity contribution in [2.45, 2.75) is 125 Å². The lowest BCUT2D eigenvalue weighted by Gasteiger charge is -2.30. The monoisotopic (exact) mass is 791 g/mol. The van der Waals surface area contributed by atoms with Gasteiger partial charge in [0.05, 0.1) is 17.6 Å². The number of ether oxygens (including phenoxy) is 2. The fourth-order valence-electron chi connectivity index (χ4n) is 7.54. The number of nitrogens with one attached hydrogen (secondary N) is 2. The molecule has 5 rings (SSSR count). The van der Waals surface area contributed by atoms with E-state index < -0.39 is 57.7 Å². The number of esters is 1. The van der Waals surface area contributed by atoms with Gasteiger partial charge in [0, 0.05) is 23.4 Å². The molecule has 14 heteroatoms. The fourth-order valence-corrected chi connectivity index (χ4v) is 8.88. The van der Waals surface area contributed by atoms with Gasteiger partial charge in [-0.25, -0.2) is 9.59 Å². The summed E-state index contributed by atoms with van der Waals surface area (Å²) in [5, 5.41) is 5.68. The second kappa shape index (κ2) is 17.5. The second-order valence-corrected chi connectivity index (χ2v) is 16.5. The van der Waals surface area contributed by atoms with E-state index in [1.54, 1.807) is 19.1 Å². The minimum absolute atomic E-state index is 0.0724. The Morgan fingerprint density at radius 2 is 1.90 bits per heavy atom. The summed E-state index contributed by atoms with van der Waals surface area (Å²) in [4.78, 5) is 56.2. The molecule has 2 heterocycles. The maximum atomic E-state index is 14.4. The van der Waals surface area contributed by atoms with Gasteiger partial charge in [-0.1, -0.05) is 47.0 Å². The van der Waals surface area contributed by atoms with Gasteiger partial charge < -0.3 is 25.0 Å². The number of hydrogen-bond donors (Lipinski definition) is 2. The van der Waals surface area contributed by atoms with Crippen LogP contribution in [0.15, 0.2) is 58.4 Å². The Bertz CT molecular complexity index is 1570. The lowest BCUT2D eigenvalue weighted by Crippen LogP contribution is -2.56. The zero-order valence-corrected chi connectivity index (χ0v) is 31.6. The van der Waals surface area contributed by atoms with Crippen LogP contribution in [0.4, 0.5) is 4.79 Å². The molecule has 3 amide bonds. The molecule has 0 spiro atoms. The summed E-state index contributed by atoms with van der Waals surface area (Å²) in [5.74, 6) is -1.76. The second-order valence-electron chi connectivity index (χ2n) is 14.0. The summed E-state index contributed by atoms with van der Waals surface area (Å²) in [5.41, 5.74) is -1.29. The molecule has 1 aromatic rings. The van der Waals surface area contributed by atoms with E-state index in [-0.39, 0.29) is 42.4 Å². The first-order valence-electron chi connectivity index (χ1n) is 18.2. The standard InChI is InChI=1S/C37H50BrN3O9S/c1-3-5-9-13-25-14-12-17-32(25)49-36(45)39-30-16-11-8-6-7-10-15-26-23-37(26,35(44)48-4-2)40-33(42)31-22-28(24-41(31)34(30)43)50-51(46,47)29-20-18-27(38)19-21-29/h3,10,15,18-21,25-26,28,30-32H,1,4-9,11-14,16-17,22-24H2,2H3,(H,39,45)(H,40,42)/t25-,26-,28+,30+,31+,32-,37-/m1/s1. The molecule has 0 unspecified atom stereocenters. The molecular weight excluding hydrogens is 742 g/mol. The van der Waals surface area contributed by atoms with Crippen LogP contribution in [0.25, 0.3) is 0 Å². The maximum Gasteiger partial charge on any atom is 0.408 e. The summed E-state index contributed by atoms with van der Waals surface area (Å²) < 4.78 is 44.1. The van der Waals surface area contributed by atoms with Gasteiger partial charge in [-0.2, -0.15) is 8.42 Å². The van der Waals surface area contributed by atoms with E-state index in [0.717, 1.165) is 57.8 Å². The van der Waals surface area contributed by atoms with Crippen molar-refractivity contribution < 1.29 is 41.3 Å². The van der Waals surface area contributed by atoms with Crippen molar-refractivity contribution in [3.63, 3.8) is 0 Å². The quantitative estimate of drug-likeness (QED) is 0.124. The van der Waals surface area contributed by atoms with Crippen molar-refractivity contribution in [2.75, 3.05) is 13.2 Å². The highest BCUT2D eigenvalue weighted by Gasteiger charge is 2.62. The van der Waals surface area contributed by atoms with Crippen molar-refractivity contribution in [2.24, 2.45) is 11.8 Å². The van der Waals surface area contributed by atoms with Crippen LogP contribution < -0.4 is 10.6 Å². The number of nitrogens with zero attached hydrogens (tertiary/aromatic N) is 1. The molecule has 3 fully saturated rings. The molecule has 7 atom stereocenters. The third kappa shape index (κ3) is 9.81. The molecule has 2 saturated carbocycles. The Morgan fingerprint density at radius 3 is 2.65 bits per heavy atom. The van der Waals surface area contributed by atoms with Crippen LogP contribution in [0.2, 0.25) is 0 Å². The molecule has 0 bridgehead atoms. The first-order valence-corrected chi connectivity index (χ1v) is 20.4. The van der Waals surface area contributed by atoms with E-state index in [1.165, 1.54) is 17.0 Å². The van der Waals surface area contributed by atoms with E-state index >= 15 is 0 Å². The molecule has 1 saturated heterocycles. The summed E-state index contributed by atoms with van der Waals surface area (Å²) >= 11 is 3.30. The maximum absolute atomic E-state index is 14.4. The minimum atomic E-state index is -4.26. The lowest BCUT2D eigenvalue weighted by atomic mass is 9.98. The van der Waals surface area contributed by atoms with Gasteiger partial charge >= 0.3 is 12.1 Å². The van der Waals surface area contributed by atoms with Crippen LogP contribution in [0.5, 0.6) is 0 Å². The van der Waals surface area contributed by atoms with E-state index in [1.807, 2.05) is 18.2 Å². The van der Waals surface area contributed by atoms with Gasteiger partial charge in [0.1, 0.15) is 23.7 Å². The van der Waals surface area contributed by atoms with Gasteiger partial charge in [-0.15, -0.1) is 6.58 Å². The van der Waals surface area contributed by atoms with Gasteiger partial charge in [0.2, 0.25) is 11.8 Å². The molecule has 280 valence electrons. The van der Waals surface area contributed by atoms with E-state index in [9.17, 15) is 27.6 Å². The molecule has 0 radical (unpaired) electrons. The Labute approximate surface area is 309 Å². The van der Waals surface area contributed by atoms with Crippen molar-refractivity contribution >= 4 is 49.9 Å². The van der Waals surface area contributed by atoms with Gasteiger partial charge in [-0.3, -0.25) is 13.8 Å². The van der Waals surface area contributed by atoms with Crippen molar-refractivity contribution in [3.8, 4) is 0 Å². The first-order chi connectivity index (χ1) is 24.5. The first kappa shape index (κ1) is 39.0. The normalized spacial score (nSPS) is 29.9. The number of carbonyl (C=O) groups is 4. The highest BCUT2D eigenvalue weighted by atomic mass is 79.9. The predicted molar refractivity (Wildman–Crippen MR) is 193 cm³/mol. The molecule has 1 aromatic carbocycles. The van der Waals surface area contributed by atoms with Crippen LogP contribution in [0, 0.1) is 11.8 Å². The number of fused-ring (bicyclic) bond motifs is 2. The molecule has 0 aromatic heterocycles. The third-order valence-electron chi connectivity index (χ3n) is 10.4. The lowest BCUT2D eigenvalue weighted by molar-refractivity contribution is -0.150. The number of halogens is 1. The van der Waals surface area contributed by atoms with E-state index in [4.69, 9.17) is 13.7 Å². The van der Waals surface area contributed by atoms with Gasteiger partial charge in [-0.05, 0) is 101 Å². The molecular formula is C37H50BrN3O9S. The fraction of sp³-hybridized carbons (Fsp3) is 0.622. The number of hydrogen-bond acceptors (Lipinski definition) is 9. The molecule has 2 aliphatic carbocycles. The van der Waals surface area contributed by atoms with Crippen LogP contribution in [-0.2, 0) is 38.2 Å². The minimum Gasteiger partial charge on any atom is -0.464 e. The Hall–Kier alpha value is -3.23. The zero-order valence-electron chi connectivity index (χ0n) is 29.2. The molecule has 51 heavy (non-hydrogen) atoms. The van der Waals surface area contributed by atoms with Gasteiger partial charge in [0.25, 0.3) is 10.1 Å². The summed E-state index contributed by atoms with van der Waals surface area (Å²) in [6.07, 6.45) is 12.8. The summed E-state index contributed by atoms with van der Waals surface area (Å²) in [7, 11) is -4.26. The van der Waals surface area contributed by atoms with Crippen molar-refractivity contribution in [3.05, 3.63) is 53.5 Å². The summed E-state index contributed by atoms with van der Waals surface area (Å²) in [6.45, 7) is 5.39. The highest BCUT2D eigenvalue weighted by molar-refractivity contribution is 9.10. The Balaban J connectivity index is 1.38. The summed E-state index contributed by atoms with van der Waals surface area (Å²) in [6, 6.07) is 3.75. The average Bonchev–Trinajstić information content (AvgIpc) is 3.36. The number of rotatable bonds is 11. The molecule has 2 aliphatic heterocycles. The van der Waals surface area contributed by atoms with Crippen LogP contribution in [0.1, 0.15) is 90.4 Å². The highest BCUT2D eigenvalue weighted by Crippen LogP contribution is 2.46. The van der Waals surface area contributed by atoms with Crippen LogP contribution in [0.3, 0.4) is 0 Å². The van der Waals surface area contributed by atoms with Crippen molar-refractivity contribution in [1.82, 2.24) is 15.5 Å². The Kier molecular flexibility index (Phi) is 13.4.